The lowest BCUT2D eigenvalue weighted by Gasteiger charge is -2.22. The first-order chi connectivity index (χ1) is 16.7. The summed E-state index contributed by atoms with van der Waals surface area (Å²) in [6.45, 7) is 3.19. The Hall–Kier alpha value is -4.00. The van der Waals surface area contributed by atoms with Crippen molar-refractivity contribution >= 4 is 22.8 Å². The van der Waals surface area contributed by atoms with Crippen molar-refractivity contribution in [3.8, 4) is 22.6 Å². The number of amides is 2. The Morgan fingerprint density at radius 1 is 1.15 bits per heavy atom. The third-order valence-corrected chi connectivity index (χ3v) is 6.04. The fraction of sp³-hybridized carbons (Fsp3) is 0.259. The van der Waals surface area contributed by atoms with Gasteiger partial charge in [0.2, 0.25) is 5.89 Å². The van der Waals surface area contributed by atoms with E-state index in [0.29, 0.717) is 24.6 Å². The second-order valence-electron chi connectivity index (χ2n) is 8.17. The number of nitrogens with one attached hydrogen (secondary N) is 1. The highest BCUT2D eigenvalue weighted by molar-refractivity contribution is 5.90. The molecule has 0 radical (unpaired) electrons. The van der Waals surface area contributed by atoms with Gasteiger partial charge in [0.25, 0.3) is 0 Å². The lowest BCUT2D eigenvalue weighted by molar-refractivity contribution is 0.199. The van der Waals surface area contributed by atoms with Crippen LogP contribution in [0.3, 0.4) is 0 Å². The molecule has 5 rings (SSSR count). The molecule has 7 heteroatoms. The zero-order chi connectivity index (χ0) is 23.5. The van der Waals surface area contributed by atoms with Crippen LogP contribution in [0.25, 0.3) is 22.2 Å². The number of fused-ring (bicyclic) bond motifs is 1. The number of benzene rings is 3. The topological polar surface area (TPSA) is 76.8 Å². The van der Waals surface area contributed by atoms with Crippen LogP contribution in [0.5, 0.6) is 11.5 Å². The molecule has 3 aromatic carbocycles. The highest BCUT2D eigenvalue weighted by Gasteiger charge is 2.33. The van der Waals surface area contributed by atoms with Gasteiger partial charge < -0.3 is 24.1 Å². The van der Waals surface area contributed by atoms with Crippen molar-refractivity contribution in [3.05, 3.63) is 72.6 Å². The van der Waals surface area contributed by atoms with E-state index in [0.717, 1.165) is 46.7 Å². The van der Waals surface area contributed by atoms with Crippen LogP contribution in [0.1, 0.15) is 31.7 Å². The van der Waals surface area contributed by atoms with Crippen molar-refractivity contribution in [1.29, 1.82) is 0 Å². The fourth-order valence-corrected chi connectivity index (χ4v) is 4.40. The number of rotatable bonds is 6. The molecule has 0 aliphatic carbocycles. The van der Waals surface area contributed by atoms with Crippen LogP contribution < -0.4 is 14.8 Å². The SMILES string of the molecule is CCOc1ccc(NC(=O)N2CCC[C@H]2c2nc3cc(-c4ccccc4OC)ccc3o2)cc1. The molecule has 0 spiro atoms. The standard InChI is InChI=1S/C27H27N3O4/c1-3-33-20-13-11-19(12-14-20)28-27(31)30-16-6-8-23(30)26-29-22-17-18(10-15-25(22)34-26)21-7-4-5-9-24(21)32-2/h4-5,7,9-15,17,23H,3,6,8,16H2,1-2H3,(H,28,31)/t23-/m0/s1. The van der Waals surface area contributed by atoms with Gasteiger partial charge in [-0.1, -0.05) is 24.3 Å². The third-order valence-electron chi connectivity index (χ3n) is 6.04. The van der Waals surface area contributed by atoms with E-state index in [1.165, 1.54) is 0 Å². The summed E-state index contributed by atoms with van der Waals surface area (Å²) in [6.07, 6.45) is 1.70. The summed E-state index contributed by atoms with van der Waals surface area (Å²) in [4.78, 5) is 19.6. The molecule has 1 atom stereocenters. The number of carbonyl (C=O) groups excluding carboxylic acids is 1. The largest absolute Gasteiger partial charge is 0.496 e. The molecule has 0 saturated carbocycles. The van der Waals surface area contributed by atoms with Crippen molar-refractivity contribution in [3.63, 3.8) is 0 Å². The number of aromatic nitrogens is 1. The van der Waals surface area contributed by atoms with Crippen molar-refractivity contribution < 1.29 is 18.7 Å². The van der Waals surface area contributed by atoms with Crippen LogP contribution in [-0.2, 0) is 0 Å². The summed E-state index contributed by atoms with van der Waals surface area (Å²) < 4.78 is 17.1. The summed E-state index contributed by atoms with van der Waals surface area (Å²) in [5, 5.41) is 2.98. The zero-order valence-electron chi connectivity index (χ0n) is 19.3. The maximum atomic E-state index is 13.0. The number of hydrogen-bond donors (Lipinski definition) is 1. The average Bonchev–Trinajstić information content (AvgIpc) is 3.52. The van der Waals surface area contributed by atoms with Gasteiger partial charge >= 0.3 is 6.03 Å². The number of ether oxygens (including phenoxy) is 2. The van der Waals surface area contributed by atoms with Crippen molar-refractivity contribution in [2.24, 2.45) is 0 Å². The van der Waals surface area contributed by atoms with Crippen LogP contribution in [0, 0.1) is 0 Å². The molecule has 1 aliphatic rings. The van der Waals surface area contributed by atoms with Gasteiger partial charge in [-0.25, -0.2) is 9.78 Å². The van der Waals surface area contributed by atoms with E-state index in [2.05, 4.69) is 5.32 Å². The minimum Gasteiger partial charge on any atom is -0.496 e. The molecule has 1 N–H and O–H groups in total. The fourth-order valence-electron chi connectivity index (χ4n) is 4.40. The van der Waals surface area contributed by atoms with Gasteiger partial charge in [0.15, 0.2) is 5.58 Å². The van der Waals surface area contributed by atoms with E-state index in [9.17, 15) is 4.79 Å². The van der Waals surface area contributed by atoms with E-state index >= 15 is 0 Å². The number of anilines is 1. The number of carbonyl (C=O) groups is 1. The van der Waals surface area contributed by atoms with E-state index in [1.54, 1.807) is 12.0 Å². The smallest absolute Gasteiger partial charge is 0.322 e. The molecule has 174 valence electrons. The Bertz CT molecular complexity index is 1300. The van der Waals surface area contributed by atoms with Gasteiger partial charge in [-0.15, -0.1) is 0 Å². The van der Waals surface area contributed by atoms with Gasteiger partial charge in [0, 0.05) is 17.8 Å². The van der Waals surface area contributed by atoms with E-state index in [4.69, 9.17) is 18.9 Å². The van der Waals surface area contributed by atoms with Gasteiger partial charge in [0.05, 0.1) is 13.7 Å². The van der Waals surface area contributed by atoms with Gasteiger partial charge in [-0.3, -0.25) is 0 Å². The lowest BCUT2D eigenvalue weighted by atomic mass is 10.0. The third kappa shape index (κ3) is 4.29. The van der Waals surface area contributed by atoms with Crippen molar-refractivity contribution in [2.45, 2.75) is 25.8 Å². The second-order valence-corrected chi connectivity index (χ2v) is 8.17. The predicted octanol–water partition coefficient (Wildman–Crippen LogP) is 6.27. The van der Waals surface area contributed by atoms with E-state index in [1.807, 2.05) is 73.7 Å². The first kappa shape index (κ1) is 21.8. The van der Waals surface area contributed by atoms with E-state index in [-0.39, 0.29) is 12.1 Å². The molecule has 0 bridgehead atoms. The quantitative estimate of drug-likeness (QED) is 0.369. The first-order valence-corrected chi connectivity index (χ1v) is 11.5. The molecule has 1 saturated heterocycles. The Labute approximate surface area is 198 Å². The monoisotopic (exact) mass is 457 g/mol. The maximum Gasteiger partial charge on any atom is 0.322 e. The van der Waals surface area contributed by atoms with Crippen LogP contribution in [0.15, 0.2) is 71.1 Å². The molecule has 1 aliphatic heterocycles. The maximum absolute atomic E-state index is 13.0. The molecule has 4 aromatic rings. The van der Waals surface area contributed by atoms with Gasteiger partial charge in [0.1, 0.15) is 23.1 Å². The summed E-state index contributed by atoms with van der Waals surface area (Å²) in [7, 11) is 1.67. The predicted molar refractivity (Wildman–Crippen MR) is 131 cm³/mol. The Kier molecular flexibility index (Phi) is 6.08. The molecular formula is C27H27N3O4. The Morgan fingerprint density at radius 2 is 1.97 bits per heavy atom. The Balaban J connectivity index is 1.36. The summed E-state index contributed by atoms with van der Waals surface area (Å²) in [5.41, 5.74) is 4.18. The van der Waals surface area contributed by atoms with Crippen LogP contribution in [-0.4, -0.2) is 36.2 Å². The number of urea groups is 1. The molecule has 2 heterocycles. The summed E-state index contributed by atoms with van der Waals surface area (Å²) in [5.74, 6) is 2.14. The number of nitrogens with zero attached hydrogens (tertiary/aromatic N) is 2. The molecule has 1 aromatic heterocycles. The average molecular weight is 458 g/mol. The second kappa shape index (κ2) is 9.47. The number of methoxy groups -OCH3 is 1. The van der Waals surface area contributed by atoms with Crippen molar-refractivity contribution in [1.82, 2.24) is 9.88 Å². The van der Waals surface area contributed by atoms with Crippen LogP contribution in [0.4, 0.5) is 10.5 Å². The number of para-hydroxylation sites is 1. The molecule has 34 heavy (non-hydrogen) atoms. The van der Waals surface area contributed by atoms with Gasteiger partial charge in [-0.05, 0) is 67.8 Å². The molecule has 2 amide bonds. The zero-order valence-corrected chi connectivity index (χ0v) is 19.3. The molecule has 0 unspecified atom stereocenters. The molecule has 1 fully saturated rings. The summed E-state index contributed by atoms with van der Waals surface area (Å²) in [6, 6.07) is 20.8. The molecule has 7 nitrogen and oxygen atoms in total. The number of likely N-dealkylation sites (tertiary alicyclic amines) is 1. The van der Waals surface area contributed by atoms with E-state index < -0.39 is 0 Å². The highest BCUT2D eigenvalue weighted by Crippen LogP contribution is 2.36. The van der Waals surface area contributed by atoms with Crippen LogP contribution in [0.2, 0.25) is 0 Å². The van der Waals surface area contributed by atoms with Crippen molar-refractivity contribution in [2.75, 3.05) is 25.6 Å². The number of oxazole rings is 1. The van der Waals surface area contributed by atoms with Crippen LogP contribution >= 0.6 is 0 Å². The first-order valence-electron chi connectivity index (χ1n) is 11.5. The molecular weight excluding hydrogens is 430 g/mol. The summed E-state index contributed by atoms with van der Waals surface area (Å²) >= 11 is 0. The Morgan fingerprint density at radius 3 is 2.76 bits per heavy atom. The van der Waals surface area contributed by atoms with Gasteiger partial charge in [-0.2, -0.15) is 0 Å². The minimum atomic E-state index is -0.204. The minimum absolute atomic E-state index is 0.163. The highest BCUT2D eigenvalue weighted by atomic mass is 16.5. The number of hydrogen-bond acceptors (Lipinski definition) is 5. The lowest BCUT2D eigenvalue weighted by Crippen LogP contribution is -2.34. The normalized spacial score (nSPS) is 15.5.